The number of hydrogen-bond donors (Lipinski definition) is 0. The molecule has 4 nitrogen and oxygen atoms in total. The maximum atomic E-state index is 11.1. The Morgan fingerprint density at radius 3 is 3.00 bits per heavy atom. The van der Waals surface area contributed by atoms with E-state index in [0.717, 1.165) is 34.2 Å². The first-order valence-electron chi connectivity index (χ1n) is 5.82. The van der Waals surface area contributed by atoms with Crippen LogP contribution in [0.5, 0.6) is 0 Å². The van der Waals surface area contributed by atoms with Crippen molar-refractivity contribution in [3.8, 4) is 0 Å². The second-order valence-electron chi connectivity index (χ2n) is 4.47. The molecule has 0 atom stereocenters. The molecular weight excluding hydrogens is 266 g/mol. The van der Waals surface area contributed by atoms with Crippen LogP contribution in [-0.2, 0) is 6.54 Å². The zero-order chi connectivity index (χ0) is 12.5. The SMILES string of the molecule is CN(Cc1cscn1)c1nc(C2CC2)c(C=O)s1. The average molecular weight is 279 g/mol. The molecule has 94 valence electrons. The van der Waals surface area contributed by atoms with Crippen LogP contribution in [0.25, 0.3) is 0 Å². The van der Waals surface area contributed by atoms with E-state index in [9.17, 15) is 4.79 Å². The third kappa shape index (κ3) is 2.30. The lowest BCUT2D eigenvalue weighted by atomic mass is 10.3. The van der Waals surface area contributed by atoms with E-state index in [1.807, 2.05) is 17.9 Å². The smallest absolute Gasteiger partial charge is 0.186 e. The molecule has 1 aliphatic rings. The van der Waals surface area contributed by atoms with Crippen LogP contribution in [0.3, 0.4) is 0 Å². The van der Waals surface area contributed by atoms with Gasteiger partial charge in [0.05, 0.1) is 28.3 Å². The molecule has 18 heavy (non-hydrogen) atoms. The van der Waals surface area contributed by atoms with Crippen LogP contribution >= 0.6 is 22.7 Å². The van der Waals surface area contributed by atoms with Gasteiger partial charge in [-0.05, 0) is 12.8 Å². The fraction of sp³-hybridized carbons (Fsp3) is 0.417. The zero-order valence-electron chi connectivity index (χ0n) is 10.00. The van der Waals surface area contributed by atoms with Gasteiger partial charge in [-0.2, -0.15) is 0 Å². The summed E-state index contributed by atoms with van der Waals surface area (Å²) in [6.07, 6.45) is 3.27. The summed E-state index contributed by atoms with van der Waals surface area (Å²) in [6.45, 7) is 0.736. The summed E-state index contributed by atoms with van der Waals surface area (Å²) in [4.78, 5) is 22.8. The Hall–Kier alpha value is -1.27. The Balaban J connectivity index is 1.80. The number of thiazole rings is 2. The van der Waals surface area contributed by atoms with Crippen LogP contribution in [-0.4, -0.2) is 23.3 Å². The van der Waals surface area contributed by atoms with E-state index in [2.05, 4.69) is 14.9 Å². The van der Waals surface area contributed by atoms with E-state index >= 15 is 0 Å². The molecule has 0 N–H and O–H groups in total. The molecule has 2 aromatic rings. The van der Waals surface area contributed by atoms with Crippen molar-refractivity contribution in [1.82, 2.24) is 9.97 Å². The number of rotatable bonds is 5. The van der Waals surface area contributed by atoms with Gasteiger partial charge in [-0.3, -0.25) is 4.79 Å². The van der Waals surface area contributed by atoms with Crippen molar-refractivity contribution < 1.29 is 4.79 Å². The first-order valence-corrected chi connectivity index (χ1v) is 7.58. The highest BCUT2D eigenvalue weighted by Gasteiger charge is 2.30. The normalized spacial score (nSPS) is 14.7. The van der Waals surface area contributed by atoms with Crippen molar-refractivity contribution in [2.45, 2.75) is 25.3 Å². The van der Waals surface area contributed by atoms with E-state index in [1.54, 1.807) is 11.3 Å². The topological polar surface area (TPSA) is 46.1 Å². The fourth-order valence-corrected chi connectivity index (χ4v) is 3.33. The summed E-state index contributed by atoms with van der Waals surface area (Å²) in [5, 5.41) is 2.94. The molecule has 2 heterocycles. The minimum atomic E-state index is 0.517. The lowest BCUT2D eigenvalue weighted by Crippen LogP contribution is -2.16. The third-order valence-electron chi connectivity index (χ3n) is 2.95. The van der Waals surface area contributed by atoms with Gasteiger partial charge in [-0.15, -0.1) is 11.3 Å². The van der Waals surface area contributed by atoms with Crippen molar-refractivity contribution in [3.05, 3.63) is 27.2 Å². The second-order valence-corrected chi connectivity index (χ2v) is 6.20. The van der Waals surface area contributed by atoms with Gasteiger partial charge in [0.15, 0.2) is 11.4 Å². The lowest BCUT2D eigenvalue weighted by molar-refractivity contribution is 0.112. The molecular formula is C12H13N3OS2. The number of aromatic nitrogens is 2. The van der Waals surface area contributed by atoms with Gasteiger partial charge in [-0.25, -0.2) is 9.97 Å². The minimum Gasteiger partial charge on any atom is -0.345 e. The molecule has 2 aromatic heterocycles. The van der Waals surface area contributed by atoms with Gasteiger partial charge in [0.25, 0.3) is 0 Å². The van der Waals surface area contributed by atoms with Gasteiger partial charge >= 0.3 is 0 Å². The highest BCUT2D eigenvalue weighted by molar-refractivity contribution is 7.17. The summed E-state index contributed by atoms with van der Waals surface area (Å²) in [5.74, 6) is 0.517. The molecule has 0 unspecified atom stereocenters. The zero-order valence-corrected chi connectivity index (χ0v) is 11.6. The molecule has 0 saturated heterocycles. The maximum absolute atomic E-state index is 11.1. The number of aldehydes is 1. The Bertz CT molecular complexity index is 546. The first kappa shape index (κ1) is 11.8. The molecule has 6 heteroatoms. The quantitative estimate of drug-likeness (QED) is 0.789. The van der Waals surface area contributed by atoms with Gasteiger partial charge in [0.1, 0.15) is 0 Å². The average Bonchev–Trinajstić information content (AvgIpc) is 2.92. The van der Waals surface area contributed by atoms with Gasteiger partial charge < -0.3 is 4.90 Å². The van der Waals surface area contributed by atoms with Crippen molar-refractivity contribution in [3.63, 3.8) is 0 Å². The first-order chi connectivity index (χ1) is 8.78. The van der Waals surface area contributed by atoms with E-state index in [-0.39, 0.29) is 0 Å². The molecule has 0 aliphatic heterocycles. The largest absolute Gasteiger partial charge is 0.345 e. The van der Waals surface area contributed by atoms with Gasteiger partial charge in [0, 0.05) is 18.3 Å². The van der Waals surface area contributed by atoms with Crippen LogP contribution in [0.15, 0.2) is 10.9 Å². The predicted molar refractivity (Wildman–Crippen MR) is 73.7 cm³/mol. The van der Waals surface area contributed by atoms with Crippen molar-refractivity contribution >= 4 is 34.1 Å². The number of hydrogen-bond acceptors (Lipinski definition) is 6. The predicted octanol–water partition coefficient (Wildman–Crippen LogP) is 2.93. The standard InChI is InChI=1S/C12H13N3OS2/c1-15(4-9-6-17-7-13-9)12-14-11(8-2-3-8)10(5-16)18-12/h5-8H,2-4H2,1H3. The van der Waals surface area contributed by atoms with E-state index in [1.165, 1.54) is 24.2 Å². The number of anilines is 1. The minimum absolute atomic E-state index is 0.517. The monoisotopic (exact) mass is 279 g/mol. The van der Waals surface area contributed by atoms with Crippen LogP contribution in [0.4, 0.5) is 5.13 Å². The maximum Gasteiger partial charge on any atom is 0.186 e. The van der Waals surface area contributed by atoms with Gasteiger partial charge in [0.2, 0.25) is 0 Å². The van der Waals surface area contributed by atoms with Crippen molar-refractivity contribution in [1.29, 1.82) is 0 Å². The van der Waals surface area contributed by atoms with Crippen LogP contribution in [0.2, 0.25) is 0 Å². The second kappa shape index (κ2) is 4.78. The Kier molecular flexibility index (Phi) is 3.13. The summed E-state index contributed by atoms with van der Waals surface area (Å²) in [5.41, 5.74) is 3.87. The third-order valence-corrected chi connectivity index (χ3v) is 4.70. The highest BCUT2D eigenvalue weighted by Crippen LogP contribution is 2.43. The van der Waals surface area contributed by atoms with E-state index in [4.69, 9.17) is 0 Å². The van der Waals surface area contributed by atoms with E-state index < -0.39 is 0 Å². The molecule has 1 aliphatic carbocycles. The molecule has 1 fully saturated rings. The molecule has 0 radical (unpaired) electrons. The van der Waals surface area contributed by atoms with Crippen LogP contribution in [0.1, 0.15) is 39.8 Å². The molecule has 0 amide bonds. The highest BCUT2D eigenvalue weighted by atomic mass is 32.1. The summed E-state index contributed by atoms with van der Waals surface area (Å²) < 4.78 is 0. The molecule has 0 spiro atoms. The van der Waals surface area contributed by atoms with Crippen molar-refractivity contribution in [2.75, 3.05) is 11.9 Å². The number of nitrogens with zero attached hydrogens (tertiary/aromatic N) is 3. The molecule has 3 rings (SSSR count). The van der Waals surface area contributed by atoms with Crippen molar-refractivity contribution in [2.24, 2.45) is 0 Å². The molecule has 1 saturated carbocycles. The van der Waals surface area contributed by atoms with Crippen LogP contribution < -0.4 is 4.90 Å². The fourth-order valence-electron chi connectivity index (χ4n) is 1.85. The molecule has 0 aromatic carbocycles. The van der Waals surface area contributed by atoms with Crippen LogP contribution in [0, 0.1) is 0 Å². The van der Waals surface area contributed by atoms with Gasteiger partial charge in [-0.1, -0.05) is 11.3 Å². The Morgan fingerprint density at radius 2 is 2.39 bits per heavy atom. The molecule has 0 bridgehead atoms. The number of carbonyl (C=O) groups excluding carboxylic acids is 1. The summed E-state index contributed by atoms with van der Waals surface area (Å²) in [7, 11) is 1.99. The lowest BCUT2D eigenvalue weighted by Gasteiger charge is -2.13. The number of carbonyl (C=O) groups is 1. The van der Waals surface area contributed by atoms with E-state index in [0.29, 0.717) is 5.92 Å². The Morgan fingerprint density at radius 1 is 1.56 bits per heavy atom. The summed E-state index contributed by atoms with van der Waals surface area (Å²) >= 11 is 3.07. The Labute approximate surface area is 113 Å². The summed E-state index contributed by atoms with van der Waals surface area (Å²) in [6, 6.07) is 0.